The molecule has 0 N–H and O–H groups in total. The van der Waals surface area contributed by atoms with E-state index in [0.717, 1.165) is 18.6 Å². The summed E-state index contributed by atoms with van der Waals surface area (Å²) >= 11 is 0. The molecule has 0 aromatic heterocycles. The van der Waals surface area contributed by atoms with E-state index in [0.29, 0.717) is 12.7 Å². The quantitative estimate of drug-likeness (QED) is 0.556. The lowest BCUT2D eigenvalue weighted by molar-refractivity contribution is -0.0295. The van der Waals surface area contributed by atoms with E-state index < -0.39 is 0 Å². The maximum atomic E-state index is 5.80. The van der Waals surface area contributed by atoms with Gasteiger partial charge in [0.05, 0.1) is 18.3 Å². The third-order valence-electron chi connectivity index (χ3n) is 2.88. The first-order valence-corrected chi connectivity index (χ1v) is 5.49. The molecule has 2 heteroatoms. The minimum atomic E-state index is -0.338. The summed E-state index contributed by atoms with van der Waals surface area (Å²) in [5.41, 5.74) is 0.815. The lowest BCUT2D eigenvalue weighted by Gasteiger charge is -2.29. The van der Waals surface area contributed by atoms with Crippen molar-refractivity contribution in [1.82, 2.24) is 0 Å². The first-order chi connectivity index (χ1) is 7.74. The molecule has 0 amide bonds. The van der Waals surface area contributed by atoms with Crippen molar-refractivity contribution in [1.29, 1.82) is 0 Å². The van der Waals surface area contributed by atoms with E-state index in [4.69, 9.17) is 15.9 Å². The molecule has 1 aliphatic heterocycles. The van der Waals surface area contributed by atoms with Crippen LogP contribution in [0.5, 0.6) is 0 Å². The van der Waals surface area contributed by atoms with Gasteiger partial charge in [-0.15, -0.1) is 6.42 Å². The fraction of sp³-hybridized carbons (Fsp3) is 0.429. The molecule has 0 aliphatic carbocycles. The van der Waals surface area contributed by atoms with Gasteiger partial charge in [0.2, 0.25) is 0 Å². The predicted octanol–water partition coefficient (Wildman–Crippen LogP) is 2.34. The molecule has 1 aromatic rings. The summed E-state index contributed by atoms with van der Waals surface area (Å²) in [5.74, 6) is 2.52. The van der Waals surface area contributed by atoms with Gasteiger partial charge < -0.3 is 9.47 Å². The second-order valence-corrected chi connectivity index (χ2v) is 4.25. The fourth-order valence-corrected chi connectivity index (χ4v) is 1.87. The maximum Gasteiger partial charge on any atom is 0.108 e. The highest BCUT2D eigenvalue weighted by atomic mass is 16.6. The van der Waals surface area contributed by atoms with Crippen molar-refractivity contribution >= 4 is 0 Å². The van der Waals surface area contributed by atoms with Crippen LogP contribution in [0.4, 0.5) is 0 Å². The lowest BCUT2D eigenvalue weighted by Crippen LogP contribution is -2.28. The van der Waals surface area contributed by atoms with Crippen molar-refractivity contribution in [3.8, 4) is 12.3 Å². The monoisotopic (exact) mass is 216 g/mol. The van der Waals surface area contributed by atoms with E-state index >= 15 is 0 Å². The highest BCUT2D eigenvalue weighted by molar-refractivity contribution is 5.22. The molecule has 1 saturated heterocycles. The van der Waals surface area contributed by atoms with Gasteiger partial charge in [0, 0.05) is 6.42 Å². The Morgan fingerprint density at radius 1 is 1.50 bits per heavy atom. The van der Waals surface area contributed by atoms with Gasteiger partial charge in [-0.25, -0.2) is 0 Å². The average Bonchev–Trinajstić information content (AvgIpc) is 3.11. The van der Waals surface area contributed by atoms with Crippen LogP contribution in [-0.2, 0) is 15.1 Å². The first kappa shape index (κ1) is 11.2. The van der Waals surface area contributed by atoms with E-state index in [1.54, 1.807) is 0 Å². The highest BCUT2D eigenvalue weighted by Crippen LogP contribution is 2.34. The van der Waals surface area contributed by atoms with E-state index in [1.807, 2.05) is 18.2 Å². The fourth-order valence-electron chi connectivity index (χ4n) is 1.87. The van der Waals surface area contributed by atoms with Crippen LogP contribution in [0.15, 0.2) is 30.3 Å². The summed E-state index contributed by atoms with van der Waals surface area (Å²) in [4.78, 5) is 0. The number of ether oxygens (including phenoxy) is 2. The second-order valence-electron chi connectivity index (χ2n) is 4.25. The smallest absolute Gasteiger partial charge is 0.108 e. The van der Waals surface area contributed by atoms with E-state index in [-0.39, 0.29) is 5.60 Å². The molecular formula is C14H16O2. The number of benzene rings is 1. The van der Waals surface area contributed by atoms with Crippen molar-refractivity contribution in [2.24, 2.45) is 0 Å². The van der Waals surface area contributed by atoms with E-state index in [1.165, 1.54) is 0 Å². The molecule has 1 heterocycles. The molecule has 1 aromatic carbocycles. The summed E-state index contributed by atoms with van der Waals surface area (Å²) < 4.78 is 11.1. The van der Waals surface area contributed by atoms with Gasteiger partial charge in [0.25, 0.3) is 0 Å². The SMILES string of the molecule is C#CCOC(C)(CC1CO1)c1ccccc1. The molecule has 1 fully saturated rings. The van der Waals surface area contributed by atoms with E-state index in [2.05, 4.69) is 25.0 Å². The molecule has 2 atom stereocenters. The Morgan fingerprint density at radius 3 is 2.75 bits per heavy atom. The van der Waals surface area contributed by atoms with Gasteiger partial charge in [-0.05, 0) is 12.5 Å². The van der Waals surface area contributed by atoms with E-state index in [9.17, 15) is 0 Å². The molecule has 2 unspecified atom stereocenters. The van der Waals surface area contributed by atoms with Crippen LogP contribution in [0, 0.1) is 12.3 Å². The number of epoxide rings is 1. The first-order valence-electron chi connectivity index (χ1n) is 5.49. The van der Waals surface area contributed by atoms with Crippen molar-refractivity contribution in [3.63, 3.8) is 0 Å². The number of terminal acetylenes is 1. The third kappa shape index (κ3) is 2.63. The minimum Gasteiger partial charge on any atom is -0.373 e. The Labute approximate surface area is 96.6 Å². The standard InChI is InChI=1S/C14H16O2/c1-3-9-16-14(2,10-13-11-15-13)12-7-5-4-6-8-12/h1,4-8,13H,9-11H2,2H3. The Hall–Kier alpha value is -1.30. The molecule has 84 valence electrons. The minimum absolute atomic E-state index is 0.322. The number of rotatable bonds is 5. The maximum absolute atomic E-state index is 5.80. The molecule has 1 aliphatic rings. The van der Waals surface area contributed by atoms with Crippen LogP contribution in [0.1, 0.15) is 18.9 Å². The Morgan fingerprint density at radius 2 is 2.19 bits per heavy atom. The summed E-state index contributed by atoms with van der Waals surface area (Å²) in [5, 5.41) is 0. The summed E-state index contributed by atoms with van der Waals surface area (Å²) in [6, 6.07) is 10.2. The summed E-state index contributed by atoms with van der Waals surface area (Å²) in [7, 11) is 0. The van der Waals surface area contributed by atoms with Crippen LogP contribution < -0.4 is 0 Å². The van der Waals surface area contributed by atoms with Crippen LogP contribution in [0.2, 0.25) is 0 Å². The number of hydrogen-bond acceptors (Lipinski definition) is 2. The van der Waals surface area contributed by atoms with Crippen LogP contribution in [0.3, 0.4) is 0 Å². The Balaban J connectivity index is 2.15. The van der Waals surface area contributed by atoms with Gasteiger partial charge >= 0.3 is 0 Å². The largest absolute Gasteiger partial charge is 0.373 e. The van der Waals surface area contributed by atoms with Crippen molar-refractivity contribution in [2.45, 2.75) is 25.0 Å². The topological polar surface area (TPSA) is 21.8 Å². The lowest BCUT2D eigenvalue weighted by atomic mass is 9.91. The van der Waals surface area contributed by atoms with Crippen molar-refractivity contribution in [2.75, 3.05) is 13.2 Å². The van der Waals surface area contributed by atoms with Gasteiger partial charge in [-0.3, -0.25) is 0 Å². The highest BCUT2D eigenvalue weighted by Gasteiger charge is 2.36. The van der Waals surface area contributed by atoms with Gasteiger partial charge in [0.1, 0.15) is 6.61 Å². The van der Waals surface area contributed by atoms with Crippen LogP contribution in [0.25, 0.3) is 0 Å². The van der Waals surface area contributed by atoms with Crippen LogP contribution in [-0.4, -0.2) is 19.3 Å². The molecule has 0 bridgehead atoms. The van der Waals surface area contributed by atoms with Gasteiger partial charge in [-0.2, -0.15) is 0 Å². The second kappa shape index (κ2) is 4.69. The Bertz CT molecular complexity index is 375. The zero-order valence-corrected chi connectivity index (χ0v) is 9.48. The van der Waals surface area contributed by atoms with Gasteiger partial charge in [-0.1, -0.05) is 36.3 Å². The summed E-state index contributed by atoms with van der Waals surface area (Å²) in [6.07, 6.45) is 6.44. The molecule has 2 rings (SSSR count). The zero-order valence-electron chi connectivity index (χ0n) is 9.48. The Kier molecular flexibility index (Phi) is 3.28. The molecule has 0 saturated carbocycles. The molecule has 0 radical (unpaired) electrons. The molecule has 16 heavy (non-hydrogen) atoms. The van der Waals surface area contributed by atoms with Crippen molar-refractivity contribution in [3.05, 3.63) is 35.9 Å². The van der Waals surface area contributed by atoms with Crippen molar-refractivity contribution < 1.29 is 9.47 Å². The normalized spacial score (nSPS) is 22.1. The predicted molar refractivity (Wildman–Crippen MR) is 62.9 cm³/mol. The molecule has 0 spiro atoms. The third-order valence-corrected chi connectivity index (χ3v) is 2.88. The average molecular weight is 216 g/mol. The molecular weight excluding hydrogens is 200 g/mol. The molecule has 2 nitrogen and oxygen atoms in total. The summed E-state index contributed by atoms with van der Waals surface area (Å²) in [6.45, 7) is 3.24. The van der Waals surface area contributed by atoms with Crippen LogP contribution >= 0.6 is 0 Å². The number of hydrogen-bond donors (Lipinski definition) is 0. The zero-order chi connectivity index (χ0) is 11.4. The van der Waals surface area contributed by atoms with Gasteiger partial charge in [0.15, 0.2) is 0 Å².